The number of nitrogens with one attached hydrogen (secondary N) is 1. The Kier molecular flexibility index (Phi) is 6.74. The normalized spacial score (nSPS) is 13.5. The number of carbonyl (C=O) groups is 2. The third-order valence-electron chi connectivity index (χ3n) is 5.31. The van der Waals surface area contributed by atoms with E-state index >= 15 is 0 Å². The van der Waals surface area contributed by atoms with Crippen molar-refractivity contribution in [3.05, 3.63) is 95.7 Å². The largest absolute Gasteiger partial charge is 0.497 e. The second-order valence-electron chi connectivity index (χ2n) is 7.66. The topological polar surface area (TPSA) is 67.9 Å². The zero-order valence-electron chi connectivity index (χ0n) is 18.7. The van der Waals surface area contributed by atoms with Gasteiger partial charge in [0.25, 0.3) is 11.8 Å². The Balaban J connectivity index is 1.70. The van der Waals surface area contributed by atoms with Crippen LogP contribution >= 0.6 is 0 Å². The first-order valence-corrected chi connectivity index (χ1v) is 10.9. The number of hydrogen-bond acceptors (Lipinski definition) is 5. The monoisotopic (exact) mass is 442 g/mol. The molecule has 1 aliphatic heterocycles. The fourth-order valence-electron chi connectivity index (χ4n) is 3.65. The average Bonchev–Trinajstić information content (AvgIpc) is 3.08. The van der Waals surface area contributed by atoms with Crippen molar-refractivity contribution in [3.8, 4) is 11.5 Å². The van der Waals surface area contributed by atoms with Gasteiger partial charge in [0.05, 0.1) is 25.8 Å². The van der Waals surface area contributed by atoms with Crippen LogP contribution in [0.25, 0.3) is 5.57 Å². The maximum atomic E-state index is 13.5. The summed E-state index contributed by atoms with van der Waals surface area (Å²) in [4.78, 5) is 28.1. The second-order valence-corrected chi connectivity index (χ2v) is 7.66. The van der Waals surface area contributed by atoms with Crippen LogP contribution in [0.4, 0.5) is 5.69 Å². The SMILES string of the molecule is CCCOc1ccc(C2=C(Nc3cccc(OC)c3)C(=O)N(Cc3ccccc3)C2=O)cc1. The van der Waals surface area contributed by atoms with Gasteiger partial charge in [-0.05, 0) is 41.8 Å². The van der Waals surface area contributed by atoms with Crippen molar-refractivity contribution in [3.63, 3.8) is 0 Å². The number of anilines is 1. The molecule has 0 saturated carbocycles. The Labute approximate surface area is 193 Å². The Morgan fingerprint density at radius 1 is 0.848 bits per heavy atom. The molecule has 6 nitrogen and oxygen atoms in total. The van der Waals surface area contributed by atoms with Crippen LogP contribution in [0.2, 0.25) is 0 Å². The highest BCUT2D eigenvalue weighted by Crippen LogP contribution is 2.33. The molecule has 0 bridgehead atoms. The molecule has 3 aromatic carbocycles. The van der Waals surface area contributed by atoms with E-state index in [4.69, 9.17) is 9.47 Å². The summed E-state index contributed by atoms with van der Waals surface area (Å²) < 4.78 is 11.0. The summed E-state index contributed by atoms with van der Waals surface area (Å²) in [6.45, 7) is 2.86. The molecule has 6 heteroatoms. The molecule has 0 saturated heterocycles. The third-order valence-corrected chi connectivity index (χ3v) is 5.31. The molecule has 168 valence electrons. The van der Waals surface area contributed by atoms with Gasteiger partial charge in [-0.25, -0.2) is 0 Å². The van der Waals surface area contributed by atoms with E-state index in [2.05, 4.69) is 5.32 Å². The number of methoxy groups -OCH3 is 1. The molecule has 1 heterocycles. The molecule has 4 rings (SSSR count). The summed E-state index contributed by atoms with van der Waals surface area (Å²) in [6, 6.07) is 24.0. The lowest BCUT2D eigenvalue weighted by molar-refractivity contribution is -0.137. The van der Waals surface area contributed by atoms with Crippen molar-refractivity contribution in [2.45, 2.75) is 19.9 Å². The average molecular weight is 443 g/mol. The van der Waals surface area contributed by atoms with E-state index in [1.807, 2.05) is 79.7 Å². The number of ether oxygens (including phenoxy) is 2. The van der Waals surface area contributed by atoms with Crippen LogP contribution in [0.1, 0.15) is 24.5 Å². The molecule has 33 heavy (non-hydrogen) atoms. The highest BCUT2D eigenvalue weighted by atomic mass is 16.5. The number of benzene rings is 3. The Bertz CT molecular complexity index is 1170. The number of nitrogens with zero attached hydrogens (tertiary/aromatic N) is 1. The molecule has 2 amide bonds. The van der Waals surface area contributed by atoms with Gasteiger partial charge in [0, 0.05) is 11.8 Å². The van der Waals surface area contributed by atoms with Crippen LogP contribution in [0.15, 0.2) is 84.6 Å². The minimum atomic E-state index is -0.368. The van der Waals surface area contributed by atoms with Crippen LogP contribution in [-0.2, 0) is 16.1 Å². The van der Waals surface area contributed by atoms with E-state index in [-0.39, 0.29) is 24.1 Å². The van der Waals surface area contributed by atoms with Gasteiger partial charge < -0.3 is 14.8 Å². The standard InChI is InChI=1S/C27H26N2O4/c1-3-16-33-22-14-12-20(13-15-22)24-25(28-21-10-7-11-23(17-21)32-2)27(31)29(26(24)30)18-19-8-5-4-6-9-19/h4-15,17,28H,3,16,18H2,1-2H3. The highest BCUT2D eigenvalue weighted by molar-refractivity contribution is 6.36. The quantitative estimate of drug-likeness (QED) is 0.479. The Hall–Kier alpha value is -4.06. The lowest BCUT2D eigenvalue weighted by atomic mass is 10.0. The maximum absolute atomic E-state index is 13.5. The summed E-state index contributed by atoms with van der Waals surface area (Å²) in [5.74, 6) is 0.670. The number of hydrogen-bond donors (Lipinski definition) is 1. The molecule has 0 fully saturated rings. The number of amides is 2. The molecule has 0 unspecified atom stereocenters. The molecule has 0 aromatic heterocycles. The van der Waals surface area contributed by atoms with E-state index in [9.17, 15) is 9.59 Å². The first-order valence-electron chi connectivity index (χ1n) is 10.9. The van der Waals surface area contributed by atoms with Gasteiger partial charge in [-0.2, -0.15) is 0 Å². The van der Waals surface area contributed by atoms with Crippen molar-refractivity contribution in [1.82, 2.24) is 4.90 Å². The van der Waals surface area contributed by atoms with Crippen LogP contribution in [-0.4, -0.2) is 30.4 Å². The lowest BCUT2D eigenvalue weighted by Gasteiger charge is -2.15. The lowest BCUT2D eigenvalue weighted by Crippen LogP contribution is -2.31. The van der Waals surface area contributed by atoms with Gasteiger partial charge in [-0.3, -0.25) is 14.5 Å². The molecule has 1 aliphatic rings. The van der Waals surface area contributed by atoms with Crippen LogP contribution < -0.4 is 14.8 Å². The molecule has 0 atom stereocenters. The van der Waals surface area contributed by atoms with Gasteiger partial charge in [0.2, 0.25) is 0 Å². The van der Waals surface area contributed by atoms with Gasteiger partial charge in [0.15, 0.2) is 0 Å². The van der Waals surface area contributed by atoms with Crippen LogP contribution in [0.3, 0.4) is 0 Å². The van der Waals surface area contributed by atoms with Crippen LogP contribution in [0, 0.1) is 0 Å². The fraction of sp³-hybridized carbons (Fsp3) is 0.185. The second kappa shape index (κ2) is 10.0. The zero-order chi connectivity index (χ0) is 23.2. The van der Waals surface area contributed by atoms with Crippen LogP contribution in [0.5, 0.6) is 11.5 Å². The molecule has 0 radical (unpaired) electrons. The Morgan fingerprint density at radius 3 is 2.30 bits per heavy atom. The van der Waals surface area contributed by atoms with Gasteiger partial charge in [-0.1, -0.05) is 55.5 Å². The summed E-state index contributed by atoms with van der Waals surface area (Å²) in [7, 11) is 1.58. The van der Waals surface area contributed by atoms with E-state index in [0.717, 1.165) is 17.7 Å². The molecule has 0 aliphatic carbocycles. The summed E-state index contributed by atoms with van der Waals surface area (Å²) in [5, 5.41) is 3.17. The zero-order valence-corrected chi connectivity index (χ0v) is 18.7. The molecule has 0 spiro atoms. The number of imide groups is 1. The first kappa shape index (κ1) is 22.1. The molecule has 1 N–H and O–H groups in total. The van der Waals surface area contributed by atoms with E-state index in [1.54, 1.807) is 13.2 Å². The summed E-state index contributed by atoms with van der Waals surface area (Å²) in [5.41, 5.74) is 2.77. The Morgan fingerprint density at radius 2 is 1.61 bits per heavy atom. The molecular weight excluding hydrogens is 416 g/mol. The predicted octanol–water partition coefficient (Wildman–Crippen LogP) is 4.88. The molecule has 3 aromatic rings. The smallest absolute Gasteiger partial charge is 0.278 e. The summed E-state index contributed by atoms with van der Waals surface area (Å²) in [6.07, 6.45) is 0.906. The van der Waals surface area contributed by atoms with E-state index in [0.29, 0.717) is 29.2 Å². The number of carbonyl (C=O) groups excluding carboxylic acids is 2. The minimum absolute atomic E-state index is 0.197. The fourth-order valence-corrected chi connectivity index (χ4v) is 3.65. The van der Waals surface area contributed by atoms with Crippen molar-refractivity contribution < 1.29 is 19.1 Å². The number of rotatable bonds is 9. The minimum Gasteiger partial charge on any atom is -0.497 e. The first-order chi connectivity index (χ1) is 16.1. The van der Waals surface area contributed by atoms with Crippen molar-refractivity contribution in [2.24, 2.45) is 0 Å². The highest BCUT2D eigenvalue weighted by Gasteiger charge is 2.39. The van der Waals surface area contributed by atoms with Gasteiger partial charge in [0.1, 0.15) is 17.2 Å². The van der Waals surface area contributed by atoms with E-state index < -0.39 is 0 Å². The third kappa shape index (κ3) is 4.90. The van der Waals surface area contributed by atoms with Crippen molar-refractivity contribution >= 4 is 23.1 Å². The predicted molar refractivity (Wildman–Crippen MR) is 128 cm³/mol. The van der Waals surface area contributed by atoms with Crippen molar-refractivity contribution in [2.75, 3.05) is 19.0 Å². The van der Waals surface area contributed by atoms with E-state index in [1.165, 1.54) is 4.90 Å². The van der Waals surface area contributed by atoms with Gasteiger partial charge in [-0.15, -0.1) is 0 Å². The molecular formula is C27H26N2O4. The van der Waals surface area contributed by atoms with Gasteiger partial charge >= 0.3 is 0 Å². The maximum Gasteiger partial charge on any atom is 0.278 e. The van der Waals surface area contributed by atoms with Crippen molar-refractivity contribution in [1.29, 1.82) is 0 Å². The summed E-state index contributed by atoms with van der Waals surface area (Å²) >= 11 is 0.